The number of nitrogens with zero attached hydrogens (tertiary/aromatic N) is 2. The van der Waals surface area contributed by atoms with Crippen molar-refractivity contribution in [1.29, 1.82) is 0 Å². The van der Waals surface area contributed by atoms with Crippen LogP contribution in [0, 0.1) is 0 Å². The summed E-state index contributed by atoms with van der Waals surface area (Å²) < 4.78 is 7.39. The first-order valence-electron chi connectivity index (χ1n) is 4.04. The third-order valence-corrected chi connectivity index (χ3v) is 1.97. The molecule has 1 saturated heterocycles. The predicted molar refractivity (Wildman–Crippen MR) is 41.2 cm³/mol. The van der Waals surface area contributed by atoms with Crippen LogP contribution in [0.4, 0.5) is 0 Å². The molecule has 0 aromatic carbocycles. The van der Waals surface area contributed by atoms with Crippen molar-refractivity contribution in [2.75, 3.05) is 6.61 Å². The lowest BCUT2D eigenvalue weighted by molar-refractivity contribution is 0.0940. The first-order chi connectivity index (χ1) is 5.45. The maximum atomic E-state index is 5.47. The van der Waals surface area contributed by atoms with Crippen LogP contribution in [0.15, 0.2) is 18.5 Å². The van der Waals surface area contributed by atoms with Crippen LogP contribution in [0.1, 0.15) is 12.8 Å². The van der Waals surface area contributed by atoms with Crippen molar-refractivity contribution in [3.63, 3.8) is 0 Å². The smallest absolute Gasteiger partial charge is 0.0771 e. The highest BCUT2D eigenvalue weighted by atomic mass is 16.5. The van der Waals surface area contributed by atoms with Crippen LogP contribution < -0.4 is 0 Å². The fourth-order valence-corrected chi connectivity index (χ4v) is 1.41. The van der Waals surface area contributed by atoms with Gasteiger partial charge in [0.05, 0.1) is 12.6 Å². The summed E-state index contributed by atoms with van der Waals surface area (Å²) in [5, 5.41) is 4.12. The highest BCUT2D eigenvalue weighted by Gasteiger charge is 2.15. The Kier molecular flexibility index (Phi) is 1.90. The van der Waals surface area contributed by atoms with E-state index in [9.17, 15) is 0 Å². The van der Waals surface area contributed by atoms with Gasteiger partial charge in [-0.05, 0) is 18.9 Å². The van der Waals surface area contributed by atoms with Crippen molar-refractivity contribution in [2.24, 2.45) is 0 Å². The zero-order chi connectivity index (χ0) is 7.52. The van der Waals surface area contributed by atoms with Gasteiger partial charge in [0.1, 0.15) is 0 Å². The Bertz CT molecular complexity index is 202. The third kappa shape index (κ3) is 1.60. The molecule has 0 spiro atoms. The normalized spacial score (nSPS) is 24.2. The molecule has 60 valence electrons. The Morgan fingerprint density at radius 3 is 3.27 bits per heavy atom. The summed E-state index contributed by atoms with van der Waals surface area (Å²) in [6.45, 7) is 1.83. The molecule has 2 rings (SSSR count). The van der Waals surface area contributed by atoms with E-state index in [1.165, 1.54) is 12.8 Å². The number of rotatable bonds is 2. The van der Waals surface area contributed by atoms with Gasteiger partial charge in [0.25, 0.3) is 0 Å². The van der Waals surface area contributed by atoms with Gasteiger partial charge in [0.2, 0.25) is 0 Å². The molecule has 1 atom stereocenters. The largest absolute Gasteiger partial charge is 0.376 e. The molecule has 1 aliphatic rings. The molecule has 0 saturated carbocycles. The van der Waals surface area contributed by atoms with Crippen LogP contribution in [-0.4, -0.2) is 22.5 Å². The molecule has 0 amide bonds. The van der Waals surface area contributed by atoms with Crippen molar-refractivity contribution in [2.45, 2.75) is 25.5 Å². The SMILES string of the molecule is c1cnn(CC2CCCO2)c1. The van der Waals surface area contributed by atoms with Gasteiger partial charge in [0, 0.05) is 19.0 Å². The Labute approximate surface area is 66.0 Å². The summed E-state index contributed by atoms with van der Waals surface area (Å²) in [4.78, 5) is 0. The monoisotopic (exact) mass is 152 g/mol. The molecule has 0 radical (unpaired) electrons. The third-order valence-electron chi connectivity index (χ3n) is 1.97. The fraction of sp³-hybridized carbons (Fsp3) is 0.625. The van der Waals surface area contributed by atoms with E-state index in [1.54, 1.807) is 6.20 Å². The highest BCUT2D eigenvalue weighted by molar-refractivity contribution is 4.79. The standard InChI is InChI=1S/C8H12N2O/c1-3-8(11-6-1)7-10-5-2-4-9-10/h2,4-5,8H,1,3,6-7H2. The van der Waals surface area contributed by atoms with Crippen LogP contribution in [-0.2, 0) is 11.3 Å². The Morgan fingerprint density at radius 2 is 2.64 bits per heavy atom. The van der Waals surface area contributed by atoms with Crippen molar-refractivity contribution in [3.8, 4) is 0 Å². The topological polar surface area (TPSA) is 27.1 Å². The predicted octanol–water partition coefficient (Wildman–Crippen LogP) is 1.06. The zero-order valence-corrected chi connectivity index (χ0v) is 6.44. The maximum Gasteiger partial charge on any atom is 0.0771 e. The minimum Gasteiger partial charge on any atom is -0.376 e. The van der Waals surface area contributed by atoms with Gasteiger partial charge in [0.15, 0.2) is 0 Å². The Balaban J connectivity index is 1.90. The van der Waals surface area contributed by atoms with Gasteiger partial charge < -0.3 is 4.74 Å². The molecular weight excluding hydrogens is 140 g/mol. The molecule has 3 heteroatoms. The molecule has 3 nitrogen and oxygen atoms in total. The molecular formula is C8H12N2O. The molecule has 1 aliphatic heterocycles. The molecule has 1 fully saturated rings. The minimum absolute atomic E-state index is 0.398. The fourth-order valence-electron chi connectivity index (χ4n) is 1.41. The van der Waals surface area contributed by atoms with Gasteiger partial charge in [-0.25, -0.2) is 0 Å². The summed E-state index contributed by atoms with van der Waals surface area (Å²) in [6.07, 6.45) is 6.55. The summed E-state index contributed by atoms with van der Waals surface area (Å²) in [7, 11) is 0. The molecule has 11 heavy (non-hydrogen) atoms. The van der Waals surface area contributed by atoms with Crippen molar-refractivity contribution in [3.05, 3.63) is 18.5 Å². The van der Waals surface area contributed by atoms with Crippen molar-refractivity contribution in [1.82, 2.24) is 9.78 Å². The van der Waals surface area contributed by atoms with Gasteiger partial charge in [-0.2, -0.15) is 5.10 Å². The van der Waals surface area contributed by atoms with E-state index in [2.05, 4.69) is 5.10 Å². The second-order valence-electron chi connectivity index (χ2n) is 2.86. The first kappa shape index (κ1) is 6.85. The van der Waals surface area contributed by atoms with E-state index in [0.717, 1.165) is 13.2 Å². The maximum absolute atomic E-state index is 5.47. The number of hydrogen-bond donors (Lipinski definition) is 0. The summed E-state index contributed by atoms with van der Waals surface area (Å²) in [5.74, 6) is 0. The minimum atomic E-state index is 0.398. The number of aromatic nitrogens is 2. The summed E-state index contributed by atoms with van der Waals surface area (Å²) in [5.41, 5.74) is 0. The van der Waals surface area contributed by atoms with Gasteiger partial charge in [-0.1, -0.05) is 0 Å². The molecule has 1 aromatic rings. The molecule has 0 N–H and O–H groups in total. The van der Waals surface area contributed by atoms with Crippen LogP contribution >= 0.6 is 0 Å². The quantitative estimate of drug-likeness (QED) is 0.633. The van der Waals surface area contributed by atoms with Crippen LogP contribution in [0.25, 0.3) is 0 Å². The van der Waals surface area contributed by atoms with E-state index < -0.39 is 0 Å². The van der Waals surface area contributed by atoms with Crippen LogP contribution in [0.5, 0.6) is 0 Å². The summed E-state index contributed by atoms with van der Waals surface area (Å²) in [6, 6.07) is 1.94. The van der Waals surface area contributed by atoms with E-state index >= 15 is 0 Å². The summed E-state index contributed by atoms with van der Waals surface area (Å²) >= 11 is 0. The van der Waals surface area contributed by atoms with E-state index in [1.807, 2.05) is 16.9 Å². The van der Waals surface area contributed by atoms with Crippen LogP contribution in [0.2, 0.25) is 0 Å². The highest BCUT2D eigenvalue weighted by Crippen LogP contribution is 2.12. The second-order valence-corrected chi connectivity index (χ2v) is 2.86. The van der Waals surface area contributed by atoms with E-state index in [-0.39, 0.29) is 0 Å². The lowest BCUT2D eigenvalue weighted by Crippen LogP contribution is -2.14. The van der Waals surface area contributed by atoms with Gasteiger partial charge in [-0.3, -0.25) is 4.68 Å². The Morgan fingerprint density at radius 1 is 1.64 bits per heavy atom. The zero-order valence-electron chi connectivity index (χ0n) is 6.44. The number of ether oxygens (including phenoxy) is 1. The van der Waals surface area contributed by atoms with Crippen molar-refractivity contribution < 1.29 is 4.74 Å². The molecule has 1 unspecified atom stereocenters. The van der Waals surface area contributed by atoms with Gasteiger partial charge >= 0.3 is 0 Å². The molecule has 0 aliphatic carbocycles. The second kappa shape index (κ2) is 3.05. The Hall–Kier alpha value is -0.830. The van der Waals surface area contributed by atoms with E-state index in [0.29, 0.717) is 6.10 Å². The average Bonchev–Trinajstić information content (AvgIpc) is 2.60. The van der Waals surface area contributed by atoms with Crippen molar-refractivity contribution >= 4 is 0 Å². The number of hydrogen-bond acceptors (Lipinski definition) is 2. The average molecular weight is 152 g/mol. The molecule has 1 aromatic heterocycles. The van der Waals surface area contributed by atoms with E-state index in [4.69, 9.17) is 4.74 Å². The lowest BCUT2D eigenvalue weighted by atomic mass is 10.2. The molecule has 2 heterocycles. The van der Waals surface area contributed by atoms with Gasteiger partial charge in [-0.15, -0.1) is 0 Å². The van der Waals surface area contributed by atoms with Crippen LogP contribution in [0.3, 0.4) is 0 Å². The molecule has 0 bridgehead atoms. The lowest BCUT2D eigenvalue weighted by Gasteiger charge is -2.07. The first-order valence-corrected chi connectivity index (χ1v) is 4.04.